The highest BCUT2D eigenvalue weighted by Gasteiger charge is 2.14. The third-order valence-corrected chi connectivity index (χ3v) is 3.92. The van der Waals surface area contributed by atoms with Crippen LogP contribution in [0, 0.1) is 6.92 Å². The molecule has 2 aromatic rings. The van der Waals surface area contributed by atoms with E-state index in [4.69, 9.17) is 0 Å². The lowest BCUT2D eigenvalue weighted by molar-refractivity contribution is 0.219. The Morgan fingerprint density at radius 3 is 2.53 bits per heavy atom. The molecular weight excluding hydrogens is 262 g/mol. The number of sulfone groups is 1. The molecule has 0 aliphatic heterocycles. The summed E-state index contributed by atoms with van der Waals surface area (Å²) in [6.07, 6.45) is 3.54. The molecule has 5 heteroatoms. The highest BCUT2D eigenvalue weighted by molar-refractivity contribution is 7.90. The molecule has 0 aliphatic rings. The lowest BCUT2D eigenvalue weighted by Gasteiger charge is -2.12. The van der Waals surface area contributed by atoms with Gasteiger partial charge in [-0.2, -0.15) is 0 Å². The second kappa shape index (κ2) is 5.11. The molecule has 1 atom stereocenters. The standard InChI is InChI=1S/C14H15NO3S/c1-10-6-12(9-15-8-10)14(16)11-4-3-5-13(7-11)19(2,17)18/h3-9,14,16H,1-2H3. The van der Waals surface area contributed by atoms with Gasteiger partial charge in [0.05, 0.1) is 4.90 Å². The van der Waals surface area contributed by atoms with E-state index < -0.39 is 15.9 Å². The van der Waals surface area contributed by atoms with Crippen molar-refractivity contribution in [1.29, 1.82) is 0 Å². The predicted molar refractivity (Wildman–Crippen MR) is 72.6 cm³/mol. The van der Waals surface area contributed by atoms with Crippen molar-refractivity contribution in [2.24, 2.45) is 0 Å². The number of aryl methyl sites for hydroxylation is 1. The summed E-state index contributed by atoms with van der Waals surface area (Å²) in [5.74, 6) is 0. The molecular formula is C14H15NO3S. The summed E-state index contributed by atoms with van der Waals surface area (Å²) in [7, 11) is -3.28. The molecule has 1 aromatic heterocycles. The van der Waals surface area contributed by atoms with Crippen LogP contribution >= 0.6 is 0 Å². The number of hydrogen-bond donors (Lipinski definition) is 1. The number of aliphatic hydroxyl groups excluding tert-OH is 1. The van der Waals surface area contributed by atoms with E-state index in [2.05, 4.69) is 4.98 Å². The molecule has 19 heavy (non-hydrogen) atoms. The van der Waals surface area contributed by atoms with E-state index in [-0.39, 0.29) is 4.90 Å². The minimum atomic E-state index is -3.28. The molecule has 0 saturated heterocycles. The second-order valence-corrected chi connectivity index (χ2v) is 6.56. The Balaban J connectivity index is 2.42. The molecule has 1 N–H and O–H groups in total. The van der Waals surface area contributed by atoms with Gasteiger partial charge in [-0.1, -0.05) is 18.2 Å². The van der Waals surface area contributed by atoms with Crippen LogP contribution in [0.4, 0.5) is 0 Å². The molecule has 0 amide bonds. The number of aliphatic hydroxyl groups is 1. The van der Waals surface area contributed by atoms with Crippen LogP contribution in [0.1, 0.15) is 22.8 Å². The first kappa shape index (κ1) is 13.7. The number of aromatic nitrogens is 1. The molecule has 100 valence electrons. The average Bonchev–Trinajstić information content (AvgIpc) is 2.37. The fraction of sp³-hybridized carbons (Fsp3) is 0.214. The first-order chi connectivity index (χ1) is 8.88. The van der Waals surface area contributed by atoms with Gasteiger partial charge in [-0.25, -0.2) is 8.42 Å². The molecule has 0 fully saturated rings. The van der Waals surface area contributed by atoms with Crippen molar-refractivity contribution in [3.05, 3.63) is 59.4 Å². The van der Waals surface area contributed by atoms with Crippen molar-refractivity contribution in [2.45, 2.75) is 17.9 Å². The highest BCUT2D eigenvalue weighted by atomic mass is 32.2. The minimum Gasteiger partial charge on any atom is -0.384 e. The van der Waals surface area contributed by atoms with Crippen LogP contribution in [0.15, 0.2) is 47.6 Å². The summed E-state index contributed by atoms with van der Waals surface area (Å²) in [6.45, 7) is 1.89. The Bertz CT molecular complexity index is 695. The zero-order valence-electron chi connectivity index (χ0n) is 10.7. The van der Waals surface area contributed by atoms with Gasteiger partial charge in [0, 0.05) is 24.2 Å². The van der Waals surface area contributed by atoms with Crippen LogP contribution < -0.4 is 0 Å². The van der Waals surface area contributed by atoms with Crippen molar-refractivity contribution in [3.8, 4) is 0 Å². The summed E-state index contributed by atoms with van der Waals surface area (Å²) in [4.78, 5) is 4.22. The van der Waals surface area contributed by atoms with Gasteiger partial charge in [-0.05, 0) is 30.2 Å². The maximum Gasteiger partial charge on any atom is 0.175 e. The number of benzene rings is 1. The molecule has 0 saturated carbocycles. The molecule has 0 aliphatic carbocycles. The summed E-state index contributed by atoms with van der Waals surface area (Å²) < 4.78 is 23.0. The third kappa shape index (κ3) is 3.19. The second-order valence-electron chi connectivity index (χ2n) is 4.54. The van der Waals surface area contributed by atoms with E-state index in [1.165, 1.54) is 12.1 Å². The average molecular weight is 277 g/mol. The van der Waals surface area contributed by atoms with Gasteiger partial charge in [0.1, 0.15) is 6.10 Å². The van der Waals surface area contributed by atoms with Gasteiger partial charge < -0.3 is 5.11 Å². The minimum absolute atomic E-state index is 0.199. The van der Waals surface area contributed by atoms with E-state index in [0.29, 0.717) is 11.1 Å². The number of nitrogens with zero attached hydrogens (tertiary/aromatic N) is 1. The molecule has 1 unspecified atom stereocenters. The van der Waals surface area contributed by atoms with Crippen LogP contribution in [0.25, 0.3) is 0 Å². The quantitative estimate of drug-likeness (QED) is 0.930. The predicted octanol–water partition coefficient (Wildman–Crippen LogP) is 1.88. The maximum absolute atomic E-state index is 11.5. The SMILES string of the molecule is Cc1cncc(C(O)c2cccc(S(C)(=O)=O)c2)c1. The van der Waals surface area contributed by atoms with Crippen molar-refractivity contribution < 1.29 is 13.5 Å². The van der Waals surface area contributed by atoms with E-state index in [0.717, 1.165) is 11.8 Å². The summed E-state index contributed by atoms with van der Waals surface area (Å²) in [6, 6.07) is 8.15. The van der Waals surface area contributed by atoms with Crippen molar-refractivity contribution >= 4 is 9.84 Å². The molecule has 1 heterocycles. The van der Waals surface area contributed by atoms with E-state index in [1.807, 2.05) is 13.0 Å². The zero-order valence-corrected chi connectivity index (χ0v) is 11.6. The van der Waals surface area contributed by atoms with E-state index >= 15 is 0 Å². The summed E-state index contributed by atoms with van der Waals surface area (Å²) in [5.41, 5.74) is 2.12. The smallest absolute Gasteiger partial charge is 0.175 e. The van der Waals surface area contributed by atoms with Crippen LogP contribution in [0.2, 0.25) is 0 Å². The normalized spacial score (nSPS) is 13.2. The number of pyridine rings is 1. The van der Waals surface area contributed by atoms with Gasteiger partial charge in [0.2, 0.25) is 0 Å². The van der Waals surface area contributed by atoms with Crippen LogP contribution in [0.3, 0.4) is 0 Å². The molecule has 0 bridgehead atoms. The summed E-state index contributed by atoms with van der Waals surface area (Å²) in [5, 5.41) is 10.3. The maximum atomic E-state index is 11.5. The lowest BCUT2D eigenvalue weighted by Crippen LogP contribution is -2.03. The van der Waals surface area contributed by atoms with Crippen LogP contribution in [0.5, 0.6) is 0 Å². The van der Waals surface area contributed by atoms with Crippen molar-refractivity contribution in [2.75, 3.05) is 6.26 Å². The number of rotatable bonds is 3. The third-order valence-electron chi connectivity index (χ3n) is 2.81. The fourth-order valence-electron chi connectivity index (χ4n) is 1.84. The van der Waals surface area contributed by atoms with Gasteiger partial charge in [-0.15, -0.1) is 0 Å². The Labute approximate surface area is 112 Å². The van der Waals surface area contributed by atoms with Crippen LogP contribution in [-0.4, -0.2) is 24.8 Å². The van der Waals surface area contributed by atoms with Crippen molar-refractivity contribution in [3.63, 3.8) is 0 Å². The monoisotopic (exact) mass is 277 g/mol. The molecule has 0 spiro atoms. The van der Waals surface area contributed by atoms with Gasteiger partial charge >= 0.3 is 0 Å². The Morgan fingerprint density at radius 1 is 1.16 bits per heavy atom. The van der Waals surface area contributed by atoms with Crippen LogP contribution in [-0.2, 0) is 9.84 Å². The number of hydrogen-bond acceptors (Lipinski definition) is 4. The van der Waals surface area contributed by atoms with E-state index in [9.17, 15) is 13.5 Å². The Hall–Kier alpha value is -1.72. The molecule has 2 rings (SSSR count). The molecule has 1 aromatic carbocycles. The summed E-state index contributed by atoms with van der Waals surface area (Å²) >= 11 is 0. The Morgan fingerprint density at radius 2 is 1.89 bits per heavy atom. The van der Waals surface area contributed by atoms with E-state index in [1.54, 1.807) is 24.5 Å². The molecule has 0 radical (unpaired) electrons. The van der Waals surface area contributed by atoms with Gasteiger partial charge in [0.25, 0.3) is 0 Å². The Kier molecular flexibility index (Phi) is 3.68. The highest BCUT2D eigenvalue weighted by Crippen LogP contribution is 2.24. The van der Waals surface area contributed by atoms with Gasteiger partial charge in [-0.3, -0.25) is 4.98 Å². The van der Waals surface area contributed by atoms with Gasteiger partial charge in [0.15, 0.2) is 9.84 Å². The zero-order chi connectivity index (χ0) is 14.0. The van der Waals surface area contributed by atoms with Crippen molar-refractivity contribution in [1.82, 2.24) is 4.98 Å². The lowest BCUT2D eigenvalue weighted by atomic mass is 10.0. The largest absolute Gasteiger partial charge is 0.384 e. The first-order valence-electron chi connectivity index (χ1n) is 5.77. The topological polar surface area (TPSA) is 67.3 Å². The fourth-order valence-corrected chi connectivity index (χ4v) is 2.51. The first-order valence-corrected chi connectivity index (χ1v) is 7.67. The molecule has 4 nitrogen and oxygen atoms in total.